The first-order valence-electron chi connectivity index (χ1n) is 6.63. The van der Waals surface area contributed by atoms with Gasteiger partial charge in [0.2, 0.25) is 0 Å². The van der Waals surface area contributed by atoms with E-state index in [1.807, 2.05) is 25.1 Å². The van der Waals surface area contributed by atoms with Crippen LogP contribution in [0.1, 0.15) is 22.3 Å². The second-order valence-electron chi connectivity index (χ2n) is 4.59. The molecule has 0 bridgehead atoms. The van der Waals surface area contributed by atoms with E-state index in [2.05, 4.69) is 31.6 Å². The molecule has 1 N–H and O–H groups in total. The first-order valence-corrected chi connectivity index (χ1v) is 8.30. The summed E-state index contributed by atoms with van der Waals surface area (Å²) in [7, 11) is 3.37. The minimum atomic E-state index is 0.0170. The van der Waals surface area contributed by atoms with Crippen molar-refractivity contribution in [3.8, 4) is 5.75 Å². The van der Waals surface area contributed by atoms with Crippen molar-refractivity contribution >= 4 is 27.3 Å². The molecule has 1 unspecified atom stereocenters. The molecule has 1 heterocycles. The number of halogens is 1. The summed E-state index contributed by atoms with van der Waals surface area (Å²) in [6.45, 7) is 3.42. The summed E-state index contributed by atoms with van der Waals surface area (Å²) < 4.78 is 11.5. The third-order valence-electron chi connectivity index (χ3n) is 3.05. The fourth-order valence-electron chi connectivity index (χ4n) is 2.01. The topological polar surface area (TPSA) is 43.4 Å². The van der Waals surface area contributed by atoms with E-state index < -0.39 is 0 Å². The summed E-state index contributed by atoms with van der Waals surface area (Å²) in [6.07, 6.45) is 0. The first-order chi connectivity index (χ1) is 10.2. The number of hydrogen-bond donors (Lipinski definition) is 1. The van der Waals surface area contributed by atoms with E-state index in [9.17, 15) is 0 Å². The number of ether oxygens (including phenoxy) is 2. The molecule has 0 aliphatic heterocycles. The van der Waals surface area contributed by atoms with Crippen LogP contribution in [0.15, 0.2) is 28.1 Å². The third-order valence-corrected chi connectivity index (χ3v) is 4.80. The lowest BCUT2D eigenvalue weighted by Gasteiger charge is -2.19. The fraction of sp³-hybridized carbons (Fsp3) is 0.400. The van der Waals surface area contributed by atoms with Crippen LogP contribution < -0.4 is 10.1 Å². The number of hydrogen-bond acceptors (Lipinski definition) is 5. The van der Waals surface area contributed by atoms with Gasteiger partial charge in [0.25, 0.3) is 0 Å². The van der Waals surface area contributed by atoms with Gasteiger partial charge in [-0.3, -0.25) is 0 Å². The minimum Gasteiger partial charge on any atom is -0.497 e. The Morgan fingerprint density at radius 2 is 2.19 bits per heavy atom. The highest BCUT2D eigenvalue weighted by Gasteiger charge is 2.20. The lowest BCUT2D eigenvalue weighted by molar-refractivity contribution is 0.197. The van der Waals surface area contributed by atoms with E-state index in [0.29, 0.717) is 6.61 Å². The summed E-state index contributed by atoms with van der Waals surface area (Å²) in [5.41, 5.74) is 2.15. The van der Waals surface area contributed by atoms with Gasteiger partial charge in [-0.2, -0.15) is 0 Å². The molecule has 1 aromatic heterocycles. The number of methoxy groups -OCH3 is 2. The van der Waals surface area contributed by atoms with Crippen molar-refractivity contribution in [3.05, 3.63) is 44.3 Å². The smallest absolute Gasteiger partial charge is 0.119 e. The maximum absolute atomic E-state index is 5.34. The SMILES string of the molecule is COCCNC(c1nc(C)cs1)c1cc(OC)ccc1Br. The average molecular weight is 371 g/mol. The highest BCUT2D eigenvalue weighted by atomic mass is 79.9. The monoisotopic (exact) mass is 370 g/mol. The van der Waals surface area contributed by atoms with E-state index in [4.69, 9.17) is 9.47 Å². The van der Waals surface area contributed by atoms with Gasteiger partial charge in [0, 0.05) is 29.2 Å². The Kier molecular flexibility index (Phi) is 6.17. The third kappa shape index (κ3) is 4.26. The summed E-state index contributed by atoms with van der Waals surface area (Å²) in [5.74, 6) is 0.833. The number of thiazole rings is 1. The number of aromatic nitrogens is 1. The van der Waals surface area contributed by atoms with Gasteiger partial charge in [-0.05, 0) is 30.7 Å². The molecule has 0 aliphatic carbocycles. The molecule has 1 aromatic carbocycles. The average Bonchev–Trinajstić information content (AvgIpc) is 2.91. The lowest BCUT2D eigenvalue weighted by Crippen LogP contribution is -2.26. The van der Waals surface area contributed by atoms with E-state index in [-0.39, 0.29) is 6.04 Å². The Morgan fingerprint density at radius 1 is 1.38 bits per heavy atom. The van der Waals surface area contributed by atoms with Crippen LogP contribution in [-0.4, -0.2) is 32.4 Å². The molecule has 2 rings (SSSR count). The standard InChI is InChI=1S/C15H19BrN2O2S/c1-10-9-21-15(18-10)14(17-6-7-19-2)12-8-11(20-3)4-5-13(12)16/h4-5,8-9,14,17H,6-7H2,1-3H3. The van der Waals surface area contributed by atoms with Crippen LogP contribution in [0.2, 0.25) is 0 Å². The van der Waals surface area contributed by atoms with E-state index in [1.165, 1.54) is 0 Å². The van der Waals surface area contributed by atoms with E-state index in [1.54, 1.807) is 25.6 Å². The van der Waals surface area contributed by atoms with Crippen molar-refractivity contribution in [3.63, 3.8) is 0 Å². The van der Waals surface area contributed by atoms with Crippen molar-refractivity contribution in [2.45, 2.75) is 13.0 Å². The molecule has 0 spiro atoms. The van der Waals surface area contributed by atoms with Crippen LogP contribution >= 0.6 is 27.3 Å². The van der Waals surface area contributed by atoms with Gasteiger partial charge in [-0.15, -0.1) is 11.3 Å². The molecule has 0 radical (unpaired) electrons. The Labute approximate surface area is 137 Å². The highest BCUT2D eigenvalue weighted by Crippen LogP contribution is 2.33. The van der Waals surface area contributed by atoms with Gasteiger partial charge in [0.15, 0.2) is 0 Å². The zero-order valence-electron chi connectivity index (χ0n) is 12.4. The van der Waals surface area contributed by atoms with Gasteiger partial charge in [0.1, 0.15) is 10.8 Å². The molecule has 114 valence electrons. The second kappa shape index (κ2) is 7.89. The van der Waals surface area contributed by atoms with Crippen LogP contribution in [-0.2, 0) is 4.74 Å². The van der Waals surface area contributed by atoms with Crippen molar-refractivity contribution in [2.75, 3.05) is 27.4 Å². The Hall–Kier alpha value is -0.950. The summed E-state index contributed by atoms with van der Waals surface area (Å²) in [5, 5.41) is 6.60. The normalized spacial score (nSPS) is 12.4. The Morgan fingerprint density at radius 3 is 2.81 bits per heavy atom. The highest BCUT2D eigenvalue weighted by molar-refractivity contribution is 9.10. The van der Waals surface area contributed by atoms with Gasteiger partial charge in [-0.1, -0.05) is 15.9 Å². The molecule has 0 saturated heterocycles. The molecular weight excluding hydrogens is 352 g/mol. The quantitative estimate of drug-likeness (QED) is 0.756. The van der Waals surface area contributed by atoms with Crippen molar-refractivity contribution < 1.29 is 9.47 Å². The zero-order valence-corrected chi connectivity index (χ0v) is 14.8. The van der Waals surface area contributed by atoms with Gasteiger partial charge in [-0.25, -0.2) is 4.98 Å². The molecule has 1 atom stereocenters. The number of aryl methyl sites for hydroxylation is 1. The Balaban J connectivity index is 2.34. The molecule has 21 heavy (non-hydrogen) atoms. The largest absolute Gasteiger partial charge is 0.497 e. The van der Waals surface area contributed by atoms with E-state index in [0.717, 1.165) is 33.0 Å². The van der Waals surface area contributed by atoms with Crippen LogP contribution in [0, 0.1) is 6.92 Å². The van der Waals surface area contributed by atoms with Gasteiger partial charge >= 0.3 is 0 Å². The summed E-state index contributed by atoms with van der Waals surface area (Å²) >= 11 is 5.28. The minimum absolute atomic E-state index is 0.0170. The zero-order chi connectivity index (χ0) is 15.2. The van der Waals surface area contributed by atoms with E-state index >= 15 is 0 Å². The Bertz CT molecular complexity index is 589. The molecule has 0 amide bonds. The number of rotatable bonds is 7. The molecule has 2 aromatic rings. The summed E-state index contributed by atoms with van der Waals surface area (Å²) in [4.78, 5) is 4.62. The van der Waals surface area contributed by atoms with Crippen molar-refractivity contribution in [1.29, 1.82) is 0 Å². The lowest BCUT2D eigenvalue weighted by atomic mass is 10.1. The van der Waals surface area contributed by atoms with Crippen molar-refractivity contribution in [1.82, 2.24) is 10.3 Å². The molecule has 0 aliphatic rings. The van der Waals surface area contributed by atoms with Crippen LogP contribution in [0.5, 0.6) is 5.75 Å². The number of nitrogens with one attached hydrogen (secondary N) is 1. The number of benzene rings is 1. The first kappa shape index (κ1) is 16.4. The molecule has 4 nitrogen and oxygen atoms in total. The second-order valence-corrected chi connectivity index (χ2v) is 6.34. The van der Waals surface area contributed by atoms with Crippen molar-refractivity contribution in [2.24, 2.45) is 0 Å². The van der Waals surface area contributed by atoms with Crippen LogP contribution in [0.3, 0.4) is 0 Å². The maximum Gasteiger partial charge on any atom is 0.119 e. The molecular formula is C15H19BrN2O2S. The molecule has 0 saturated carbocycles. The predicted molar refractivity (Wildman–Crippen MR) is 89.3 cm³/mol. The fourth-order valence-corrected chi connectivity index (χ4v) is 3.37. The number of nitrogens with zero attached hydrogens (tertiary/aromatic N) is 1. The van der Waals surface area contributed by atoms with Crippen LogP contribution in [0.4, 0.5) is 0 Å². The summed E-state index contributed by atoms with van der Waals surface area (Å²) in [6, 6.07) is 5.99. The molecule has 0 fully saturated rings. The van der Waals surface area contributed by atoms with Gasteiger partial charge in [0.05, 0.1) is 19.8 Å². The maximum atomic E-state index is 5.34. The van der Waals surface area contributed by atoms with Gasteiger partial charge < -0.3 is 14.8 Å². The van der Waals surface area contributed by atoms with Crippen LogP contribution in [0.25, 0.3) is 0 Å². The molecule has 6 heteroatoms. The predicted octanol–water partition coefficient (Wildman–Crippen LogP) is 3.55.